The van der Waals surface area contributed by atoms with E-state index in [4.69, 9.17) is 20.8 Å². The topological polar surface area (TPSA) is 34.4 Å². The van der Waals surface area contributed by atoms with Crippen molar-refractivity contribution in [1.29, 1.82) is 0 Å². The first-order valence-electron chi connectivity index (χ1n) is 4.98. The van der Waals surface area contributed by atoms with E-state index in [0.29, 0.717) is 5.88 Å². The molecule has 1 aliphatic rings. The highest BCUT2D eigenvalue weighted by Crippen LogP contribution is 2.36. The van der Waals surface area contributed by atoms with E-state index in [1.54, 1.807) is 6.26 Å². The molecule has 1 N–H and O–H groups in total. The monoisotopic (exact) mass is 227 g/mol. The Morgan fingerprint density at radius 1 is 1.53 bits per heavy atom. The molecule has 1 aromatic rings. The Morgan fingerprint density at radius 2 is 2.33 bits per heavy atom. The van der Waals surface area contributed by atoms with Gasteiger partial charge in [-0.15, -0.1) is 11.6 Å². The fraction of sp³-hybridized carbons (Fsp3) is 0.455. The zero-order valence-electron chi connectivity index (χ0n) is 8.84. The average molecular weight is 228 g/mol. The lowest BCUT2D eigenvalue weighted by molar-refractivity contribution is -0.0188. The number of hydrogen-bond acceptors (Lipinski definition) is 3. The van der Waals surface area contributed by atoms with Gasteiger partial charge < -0.3 is 14.5 Å². The van der Waals surface area contributed by atoms with Crippen LogP contribution in [0.3, 0.4) is 0 Å². The number of halogens is 1. The molecule has 0 spiro atoms. The zero-order chi connectivity index (χ0) is 10.9. The molecule has 0 bridgehead atoms. The van der Waals surface area contributed by atoms with Crippen molar-refractivity contribution in [2.45, 2.75) is 26.0 Å². The molecule has 0 fully saturated rings. The molecule has 15 heavy (non-hydrogen) atoms. The maximum absolute atomic E-state index is 5.84. The number of alkyl halides is 1. The summed E-state index contributed by atoms with van der Waals surface area (Å²) in [7, 11) is 0. The molecule has 4 heteroatoms. The Labute approximate surface area is 94.1 Å². The normalized spacial score (nSPS) is 25.3. The van der Waals surface area contributed by atoms with Crippen LogP contribution in [-0.4, -0.2) is 5.88 Å². The summed E-state index contributed by atoms with van der Waals surface area (Å²) < 4.78 is 11.2. The molecular weight excluding hydrogens is 214 g/mol. The molecule has 3 nitrogen and oxygen atoms in total. The summed E-state index contributed by atoms with van der Waals surface area (Å²) in [5.74, 6) is 2.04. The second-order valence-electron chi connectivity index (χ2n) is 3.55. The molecular formula is C11H14ClNO2. The number of ether oxygens (including phenoxy) is 1. The van der Waals surface area contributed by atoms with Gasteiger partial charge in [-0.1, -0.05) is 6.92 Å². The van der Waals surface area contributed by atoms with Crippen LogP contribution in [0.5, 0.6) is 0 Å². The summed E-state index contributed by atoms with van der Waals surface area (Å²) in [5, 5.41) is 3.29. The summed E-state index contributed by atoms with van der Waals surface area (Å²) in [6.07, 6.45) is 2.42. The third kappa shape index (κ3) is 1.61. The summed E-state index contributed by atoms with van der Waals surface area (Å²) in [4.78, 5) is 0. The van der Waals surface area contributed by atoms with Gasteiger partial charge in [-0.05, 0) is 19.1 Å². The second-order valence-corrected chi connectivity index (χ2v) is 3.82. The van der Waals surface area contributed by atoms with Crippen molar-refractivity contribution >= 4 is 11.6 Å². The summed E-state index contributed by atoms with van der Waals surface area (Å²) in [6, 6.07) is 3.76. The van der Waals surface area contributed by atoms with Gasteiger partial charge in [0.1, 0.15) is 5.76 Å². The minimum atomic E-state index is -0.572. The van der Waals surface area contributed by atoms with E-state index < -0.39 is 5.72 Å². The van der Waals surface area contributed by atoms with Crippen LogP contribution < -0.4 is 5.32 Å². The lowest BCUT2D eigenvalue weighted by Gasteiger charge is -2.26. The Morgan fingerprint density at radius 3 is 2.80 bits per heavy atom. The molecule has 1 unspecified atom stereocenters. The minimum absolute atomic E-state index is 0.425. The van der Waals surface area contributed by atoms with Gasteiger partial charge in [0.15, 0.2) is 5.76 Å². The molecule has 1 aliphatic heterocycles. The van der Waals surface area contributed by atoms with Crippen molar-refractivity contribution in [3.63, 3.8) is 0 Å². The zero-order valence-corrected chi connectivity index (χ0v) is 9.60. The van der Waals surface area contributed by atoms with E-state index in [-0.39, 0.29) is 0 Å². The van der Waals surface area contributed by atoms with Crippen LogP contribution in [0.1, 0.15) is 26.0 Å². The van der Waals surface area contributed by atoms with Crippen molar-refractivity contribution in [2.24, 2.45) is 0 Å². The Balaban J connectivity index is 2.29. The fourth-order valence-electron chi connectivity index (χ4n) is 1.76. The van der Waals surface area contributed by atoms with Crippen LogP contribution in [0.15, 0.2) is 34.3 Å². The van der Waals surface area contributed by atoms with Crippen molar-refractivity contribution in [1.82, 2.24) is 5.32 Å². The predicted octanol–water partition coefficient (Wildman–Crippen LogP) is 2.93. The average Bonchev–Trinajstić information content (AvgIpc) is 2.85. The van der Waals surface area contributed by atoms with Crippen LogP contribution in [0.4, 0.5) is 0 Å². The molecule has 2 rings (SSSR count). The van der Waals surface area contributed by atoms with E-state index in [0.717, 1.165) is 23.6 Å². The number of allylic oxidation sites excluding steroid dienone is 2. The molecule has 1 aromatic heterocycles. The lowest BCUT2D eigenvalue weighted by atomic mass is 10.1. The van der Waals surface area contributed by atoms with Gasteiger partial charge in [0.25, 0.3) is 0 Å². The molecule has 1 atom stereocenters. The van der Waals surface area contributed by atoms with Crippen LogP contribution >= 0.6 is 11.6 Å². The number of nitrogens with one attached hydrogen (secondary N) is 1. The molecule has 0 saturated heterocycles. The maximum Gasteiger partial charge on any atom is 0.238 e. The van der Waals surface area contributed by atoms with E-state index in [2.05, 4.69) is 5.32 Å². The summed E-state index contributed by atoms with van der Waals surface area (Å²) in [6.45, 7) is 3.95. The molecule has 0 amide bonds. The van der Waals surface area contributed by atoms with E-state index in [9.17, 15) is 0 Å². The van der Waals surface area contributed by atoms with Gasteiger partial charge >= 0.3 is 0 Å². The van der Waals surface area contributed by atoms with Crippen LogP contribution in [0, 0.1) is 0 Å². The Kier molecular flexibility index (Phi) is 2.65. The van der Waals surface area contributed by atoms with Crippen LogP contribution in [0.2, 0.25) is 0 Å². The van der Waals surface area contributed by atoms with Gasteiger partial charge in [-0.3, -0.25) is 0 Å². The van der Waals surface area contributed by atoms with Gasteiger partial charge in [0.05, 0.1) is 17.8 Å². The fourth-order valence-corrected chi connectivity index (χ4v) is 2.02. The minimum Gasteiger partial charge on any atom is -0.463 e. The third-order valence-corrected chi connectivity index (χ3v) is 2.92. The number of furan rings is 1. The highest BCUT2D eigenvalue weighted by atomic mass is 35.5. The Hall–Kier alpha value is -1.09. The lowest BCUT2D eigenvalue weighted by Crippen LogP contribution is -2.38. The predicted molar refractivity (Wildman–Crippen MR) is 58.3 cm³/mol. The van der Waals surface area contributed by atoms with Crippen LogP contribution in [-0.2, 0) is 10.5 Å². The maximum atomic E-state index is 5.84. The van der Waals surface area contributed by atoms with Crippen molar-refractivity contribution in [3.05, 3.63) is 35.6 Å². The second kappa shape index (κ2) is 3.81. The summed E-state index contributed by atoms with van der Waals surface area (Å²) in [5.41, 5.74) is 0.354. The van der Waals surface area contributed by atoms with Gasteiger partial charge in [0.2, 0.25) is 5.72 Å². The van der Waals surface area contributed by atoms with Crippen molar-refractivity contribution in [2.75, 3.05) is 5.88 Å². The van der Waals surface area contributed by atoms with Crippen LogP contribution in [0.25, 0.3) is 0 Å². The standard InChI is InChI=1S/C11H14ClNO2/c1-3-11(10-5-4-6-14-10)13-9(7-12)8(2)15-11/h4-6,13H,3,7H2,1-2H3. The SMILES string of the molecule is CCC1(c2ccco2)NC(CCl)=C(C)O1. The quantitative estimate of drug-likeness (QED) is 0.807. The van der Waals surface area contributed by atoms with E-state index in [1.807, 2.05) is 26.0 Å². The van der Waals surface area contributed by atoms with E-state index in [1.165, 1.54) is 0 Å². The highest BCUT2D eigenvalue weighted by molar-refractivity contribution is 6.19. The van der Waals surface area contributed by atoms with Gasteiger partial charge in [-0.25, -0.2) is 0 Å². The molecule has 0 saturated carbocycles. The largest absolute Gasteiger partial charge is 0.463 e. The first kappa shape index (κ1) is 10.4. The van der Waals surface area contributed by atoms with Gasteiger partial charge in [0, 0.05) is 6.42 Å². The molecule has 0 aromatic carbocycles. The number of rotatable bonds is 3. The van der Waals surface area contributed by atoms with Gasteiger partial charge in [-0.2, -0.15) is 0 Å². The van der Waals surface area contributed by atoms with Crippen molar-refractivity contribution in [3.8, 4) is 0 Å². The third-order valence-electron chi connectivity index (χ3n) is 2.66. The molecule has 0 aliphatic carbocycles. The highest BCUT2D eigenvalue weighted by Gasteiger charge is 2.41. The first-order chi connectivity index (χ1) is 7.22. The smallest absolute Gasteiger partial charge is 0.238 e. The Bertz CT molecular complexity index is 372. The van der Waals surface area contributed by atoms with E-state index >= 15 is 0 Å². The molecule has 0 radical (unpaired) electrons. The number of hydrogen-bond donors (Lipinski definition) is 1. The van der Waals surface area contributed by atoms with Crippen molar-refractivity contribution < 1.29 is 9.15 Å². The molecule has 2 heterocycles. The molecule has 82 valence electrons. The first-order valence-corrected chi connectivity index (χ1v) is 5.52. The summed E-state index contributed by atoms with van der Waals surface area (Å²) >= 11 is 5.82.